The van der Waals surface area contributed by atoms with Gasteiger partial charge in [-0.25, -0.2) is 4.68 Å². The van der Waals surface area contributed by atoms with Crippen molar-refractivity contribution in [2.45, 2.75) is 20.6 Å². The fourth-order valence-electron chi connectivity index (χ4n) is 1.75. The van der Waals surface area contributed by atoms with Crippen LogP contribution in [0.2, 0.25) is 5.02 Å². The predicted molar refractivity (Wildman–Crippen MR) is 74.8 cm³/mol. The van der Waals surface area contributed by atoms with Crippen molar-refractivity contribution in [2.24, 2.45) is 7.05 Å². The fraction of sp³-hybridized carbons (Fsp3) is 0.417. The lowest BCUT2D eigenvalue weighted by Crippen LogP contribution is -2.16. The number of carbonyl (C=O) groups excluding carboxylic acids is 1. The van der Waals surface area contributed by atoms with Crippen molar-refractivity contribution in [1.82, 2.24) is 19.6 Å². The first kappa shape index (κ1) is 14.5. The van der Waals surface area contributed by atoms with E-state index in [1.54, 1.807) is 31.0 Å². The number of aromatic nitrogens is 4. The number of aryl methyl sites for hydroxylation is 2. The molecule has 0 aromatic carbocycles. The van der Waals surface area contributed by atoms with Crippen molar-refractivity contribution in [3.8, 4) is 0 Å². The van der Waals surface area contributed by atoms with Gasteiger partial charge in [0.1, 0.15) is 12.4 Å². The van der Waals surface area contributed by atoms with Crippen LogP contribution in [0.1, 0.15) is 23.1 Å². The van der Waals surface area contributed by atoms with Crippen molar-refractivity contribution in [1.29, 1.82) is 0 Å². The summed E-state index contributed by atoms with van der Waals surface area (Å²) in [7, 11) is 1.67. The summed E-state index contributed by atoms with van der Waals surface area (Å²) in [6.07, 6.45) is 3.23. The fourth-order valence-corrected chi connectivity index (χ4v) is 2.00. The molecule has 0 aliphatic carbocycles. The maximum atomic E-state index is 12.2. The Morgan fingerprint density at radius 2 is 2.30 bits per heavy atom. The van der Waals surface area contributed by atoms with Crippen molar-refractivity contribution < 1.29 is 9.53 Å². The minimum Gasteiger partial charge on any atom is -0.360 e. The first-order valence-electron chi connectivity index (χ1n) is 6.13. The van der Waals surface area contributed by atoms with Gasteiger partial charge in [0.15, 0.2) is 0 Å². The van der Waals surface area contributed by atoms with Crippen molar-refractivity contribution in [3.05, 3.63) is 28.8 Å². The third-order valence-electron chi connectivity index (χ3n) is 2.68. The molecule has 0 saturated heterocycles. The Labute approximate surface area is 121 Å². The minimum atomic E-state index is -0.325. The first-order chi connectivity index (χ1) is 9.52. The summed E-state index contributed by atoms with van der Waals surface area (Å²) in [5.74, 6) is -0.325. The van der Waals surface area contributed by atoms with Gasteiger partial charge in [0.05, 0.1) is 28.8 Å². The highest BCUT2D eigenvalue weighted by Gasteiger charge is 2.19. The average molecular weight is 298 g/mol. The van der Waals surface area contributed by atoms with Gasteiger partial charge in [0.2, 0.25) is 0 Å². The molecule has 2 aromatic rings. The second kappa shape index (κ2) is 6.06. The highest BCUT2D eigenvalue weighted by Crippen LogP contribution is 2.20. The quantitative estimate of drug-likeness (QED) is 0.913. The van der Waals surface area contributed by atoms with Crippen LogP contribution in [0.3, 0.4) is 0 Å². The summed E-state index contributed by atoms with van der Waals surface area (Å²) >= 11 is 6.06. The van der Waals surface area contributed by atoms with Gasteiger partial charge in [-0.05, 0) is 13.8 Å². The molecule has 2 rings (SSSR count). The van der Waals surface area contributed by atoms with Crippen molar-refractivity contribution in [3.63, 3.8) is 0 Å². The highest BCUT2D eigenvalue weighted by atomic mass is 35.5. The molecule has 0 aliphatic rings. The number of halogens is 1. The topological polar surface area (TPSA) is 74.0 Å². The molecule has 0 fully saturated rings. The monoisotopic (exact) mass is 297 g/mol. The summed E-state index contributed by atoms with van der Waals surface area (Å²) in [4.78, 5) is 12.2. The van der Waals surface area contributed by atoms with E-state index in [-0.39, 0.29) is 5.91 Å². The van der Waals surface area contributed by atoms with E-state index >= 15 is 0 Å². The van der Waals surface area contributed by atoms with E-state index in [1.165, 1.54) is 4.68 Å². The van der Waals surface area contributed by atoms with Crippen LogP contribution in [0.15, 0.2) is 12.4 Å². The Morgan fingerprint density at radius 3 is 2.90 bits per heavy atom. The molecule has 20 heavy (non-hydrogen) atoms. The Balaban J connectivity index is 2.09. The number of amides is 1. The molecule has 0 spiro atoms. The molecule has 2 aromatic heterocycles. The zero-order valence-electron chi connectivity index (χ0n) is 11.6. The van der Waals surface area contributed by atoms with E-state index in [4.69, 9.17) is 16.3 Å². The number of nitrogens with zero attached hydrogens (tertiary/aromatic N) is 4. The Hall–Kier alpha value is -1.86. The number of nitrogens with one attached hydrogen (secondary N) is 1. The lowest BCUT2D eigenvalue weighted by atomic mass is 10.3. The molecule has 7 nitrogen and oxygen atoms in total. The van der Waals surface area contributed by atoms with Gasteiger partial charge in [-0.2, -0.15) is 10.2 Å². The van der Waals surface area contributed by atoms with Gasteiger partial charge in [-0.3, -0.25) is 9.48 Å². The molecule has 8 heteroatoms. The highest BCUT2D eigenvalue weighted by molar-refractivity contribution is 6.34. The number of carbonyl (C=O) groups is 1. The first-order valence-corrected chi connectivity index (χ1v) is 6.51. The van der Waals surface area contributed by atoms with Gasteiger partial charge in [-0.15, -0.1) is 0 Å². The van der Waals surface area contributed by atoms with Crippen LogP contribution in [0.5, 0.6) is 0 Å². The van der Waals surface area contributed by atoms with Crippen LogP contribution in [0.4, 0.5) is 5.69 Å². The molecular weight excluding hydrogens is 282 g/mol. The molecule has 2 heterocycles. The minimum absolute atomic E-state index is 0.321. The van der Waals surface area contributed by atoms with Gasteiger partial charge in [0.25, 0.3) is 5.91 Å². The molecule has 1 N–H and O–H groups in total. The van der Waals surface area contributed by atoms with Crippen LogP contribution >= 0.6 is 11.6 Å². The third kappa shape index (κ3) is 3.00. The maximum absolute atomic E-state index is 12.2. The second-order valence-corrected chi connectivity index (χ2v) is 4.59. The largest absolute Gasteiger partial charge is 0.360 e. The summed E-state index contributed by atoms with van der Waals surface area (Å²) in [6, 6.07) is 0. The normalized spacial score (nSPS) is 10.8. The number of anilines is 1. The number of ether oxygens (including phenoxy) is 1. The molecular formula is C12H16ClN5O2. The SMILES string of the molecule is CCOCn1cc(NC(=O)c2c(Cl)c(C)nn2C)cn1. The number of hydrogen-bond donors (Lipinski definition) is 1. The summed E-state index contributed by atoms with van der Waals surface area (Å²) in [6.45, 7) is 4.60. The average Bonchev–Trinajstić information content (AvgIpc) is 2.93. The van der Waals surface area contributed by atoms with Crippen molar-refractivity contribution in [2.75, 3.05) is 11.9 Å². The predicted octanol–water partition coefficient (Wildman–Crippen LogP) is 1.82. The Kier molecular flexibility index (Phi) is 4.41. The summed E-state index contributed by atoms with van der Waals surface area (Å²) in [5, 5.41) is 11.3. The van der Waals surface area contributed by atoms with E-state index < -0.39 is 0 Å². The molecule has 0 unspecified atom stereocenters. The Bertz CT molecular complexity index is 619. The molecule has 1 amide bonds. The molecule has 0 atom stereocenters. The van der Waals surface area contributed by atoms with Crippen LogP contribution in [-0.2, 0) is 18.5 Å². The van der Waals surface area contributed by atoms with E-state index in [9.17, 15) is 4.79 Å². The zero-order chi connectivity index (χ0) is 14.7. The summed E-state index contributed by atoms with van der Waals surface area (Å²) < 4.78 is 8.27. The molecule has 0 bridgehead atoms. The Morgan fingerprint density at radius 1 is 1.55 bits per heavy atom. The van der Waals surface area contributed by atoms with Crippen LogP contribution in [0, 0.1) is 6.92 Å². The van der Waals surface area contributed by atoms with E-state index in [0.29, 0.717) is 35.4 Å². The van der Waals surface area contributed by atoms with Gasteiger partial charge in [0, 0.05) is 13.7 Å². The number of rotatable bonds is 5. The lowest BCUT2D eigenvalue weighted by Gasteiger charge is -2.03. The maximum Gasteiger partial charge on any atom is 0.275 e. The molecule has 0 radical (unpaired) electrons. The smallest absolute Gasteiger partial charge is 0.275 e. The standard InChI is InChI=1S/C12H16ClN5O2/c1-4-20-7-18-6-9(5-14-18)15-12(19)11-10(13)8(2)16-17(11)3/h5-6H,4,7H2,1-3H3,(H,15,19). The second-order valence-electron chi connectivity index (χ2n) is 4.22. The van der Waals surface area contributed by atoms with Gasteiger partial charge >= 0.3 is 0 Å². The number of hydrogen-bond acceptors (Lipinski definition) is 4. The van der Waals surface area contributed by atoms with E-state index in [0.717, 1.165) is 0 Å². The van der Waals surface area contributed by atoms with Gasteiger partial charge in [-0.1, -0.05) is 11.6 Å². The third-order valence-corrected chi connectivity index (χ3v) is 3.14. The van der Waals surface area contributed by atoms with Crippen LogP contribution < -0.4 is 5.32 Å². The summed E-state index contributed by atoms with van der Waals surface area (Å²) in [5.41, 5.74) is 1.51. The zero-order valence-corrected chi connectivity index (χ0v) is 12.3. The van der Waals surface area contributed by atoms with E-state index in [1.807, 2.05) is 6.92 Å². The molecule has 0 aliphatic heterocycles. The molecule has 0 saturated carbocycles. The lowest BCUT2D eigenvalue weighted by molar-refractivity contribution is 0.0792. The van der Waals surface area contributed by atoms with Crippen LogP contribution in [0.25, 0.3) is 0 Å². The van der Waals surface area contributed by atoms with Gasteiger partial charge < -0.3 is 10.1 Å². The molecule has 108 valence electrons. The van der Waals surface area contributed by atoms with E-state index in [2.05, 4.69) is 15.5 Å². The van der Waals surface area contributed by atoms with Crippen molar-refractivity contribution >= 4 is 23.2 Å². The van der Waals surface area contributed by atoms with Crippen LogP contribution in [-0.4, -0.2) is 32.1 Å².